The van der Waals surface area contributed by atoms with Crippen LogP contribution in [0.3, 0.4) is 0 Å². The third-order valence-electron chi connectivity index (χ3n) is 6.69. The summed E-state index contributed by atoms with van der Waals surface area (Å²) in [6.07, 6.45) is 7.96. The summed E-state index contributed by atoms with van der Waals surface area (Å²) < 4.78 is 5.59. The molecule has 1 saturated carbocycles. The van der Waals surface area contributed by atoms with Crippen molar-refractivity contribution in [1.29, 1.82) is 0 Å². The van der Waals surface area contributed by atoms with E-state index in [1.165, 1.54) is 31.2 Å². The number of fused-ring (bicyclic) bond motifs is 1. The maximum atomic E-state index is 12.8. The number of amides is 1. The zero-order chi connectivity index (χ0) is 18.0. The summed E-state index contributed by atoms with van der Waals surface area (Å²) in [6, 6.07) is 8.61. The van der Waals surface area contributed by atoms with Gasteiger partial charge in [-0.15, -0.1) is 0 Å². The molecular weight excluding hydrogens is 348 g/mol. The third-order valence-corrected chi connectivity index (χ3v) is 6.94. The molecule has 142 valence electrons. The molecule has 4 rings (SSSR count). The molecule has 26 heavy (non-hydrogen) atoms. The molecule has 1 aliphatic carbocycles. The Morgan fingerprint density at radius 3 is 2.65 bits per heavy atom. The molecule has 0 aromatic heterocycles. The van der Waals surface area contributed by atoms with Gasteiger partial charge < -0.3 is 15.4 Å². The Morgan fingerprint density at radius 1 is 1.19 bits per heavy atom. The van der Waals surface area contributed by atoms with Crippen LogP contribution in [0.15, 0.2) is 24.3 Å². The second-order valence-electron chi connectivity index (χ2n) is 8.22. The predicted molar refractivity (Wildman–Crippen MR) is 103 cm³/mol. The molecule has 3 atom stereocenters. The first-order valence-electron chi connectivity index (χ1n) is 10.0. The van der Waals surface area contributed by atoms with E-state index in [2.05, 4.69) is 22.8 Å². The lowest BCUT2D eigenvalue weighted by Gasteiger charge is -2.38. The summed E-state index contributed by atoms with van der Waals surface area (Å²) in [5, 5.41) is 7.60. The van der Waals surface area contributed by atoms with Crippen molar-refractivity contribution < 1.29 is 9.53 Å². The molecule has 2 aliphatic heterocycles. The van der Waals surface area contributed by atoms with E-state index in [9.17, 15) is 4.79 Å². The highest BCUT2D eigenvalue weighted by molar-refractivity contribution is 6.30. The van der Waals surface area contributed by atoms with Crippen LogP contribution in [-0.2, 0) is 14.9 Å². The number of hydrogen-bond acceptors (Lipinski definition) is 3. The van der Waals surface area contributed by atoms with E-state index in [1.54, 1.807) is 0 Å². The lowest BCUT2D eigenvalue weighted by molar-refractivity contribution is -0.123. The fourth-order valence-corrected chi connectivity index (χ4v) is 5.16. The molecule has 2 saturated heterocycles. The van der Waals surface area contributed by atoms with Crippen molar-refractivity contribution >= 4 is 17.5 Å². The first-order chi connectivity index (χ1) is 12.7. The first kappa shape index (κ1) is 18.3. The smallest absolute Gasteiger partial charge is 0.237 e. The molecule has 3 aliphatic rings. The first-order valence-corrected chi connectivity index (χ1v) is 10.4. The highest BCUT2D eigenvalue weighted by Crippen LogP contribution is 2.36. The van der Waals surface area contributed by atoms with Crippen LogP contribution in [0.5, 0.6) is 0 Å². The molecule has 3 unspecified atom stereocenters. The SMILES string of the molecule is O=C(NCC1(c2ccc(Cl)cc2)CCOCC1)C1CC2CCCCC2N1. The van der Waals surface area contributed by atoms with Crippen LogP contribution >= 0.6 is 11.6 Å². The molecule has 2 N–H and O–H groups in total. The van der Waals surface area contributed by atoms with E-state index in [1.807, 2.05) is 12.1 Å². The Balaban J connectivity index is 1.42. The topological polar surface area (TPSA) is 50.4 Å². The van der Waals surface area contributed by atoms with Gasteiger partial charge in [0.2, 0.25) is 5.91 Å². The van der Waals surface area contributed by atoms with Gasteiger partial charge in [-0.1, -0.05) is 36.6 Å². The summed E-state index contributed by atoms with van der Waals surface area (Å²) in [7, 11) is 0. The van der Waals surface area contributed by atoms with Gasteiger partial charge >= 0.3 is 0 Å². The average molecular weight is 377 g/mol. The standard InChI is InChI=1S/C21H29ClN2O2/c22-17-7-5-16(6-8-17)21(9-11-26-12-10-21)14-23-20(25)19-13-15-3-1-2-4-18(15)24-19/h5-8,15,18-19,24H,1-4,9-14H2,(H,23,25). The van der Waals surface area contributed by atoms with Crippen LogP contribution in [0.4, 0.5) is 0 Å². The van der Waals surface area contributed by atoms with Gasteiger partial charge in [-0.25, -0.2) is 0 Å². The van der Waals surface area contributed by atoms with Crippen LogP contribution in [-0.4, -0.2) is 37.7 Å². The highest BCUT2D eigenvalue weighted by atomic mass is 35.5. The minimum absolute atomic E-state index is 0.0230. The van der Waals surface area contributed by atoms with Crippen LogP contribution in [0.2, 0.25) is 5.02 Å². The number of hydrogen-bond donors (Lipinski definition) is 2. The summed E-state index contributed by atoms with van der Waals surface area (Å²) in [6.45, 7) is 2.15. The highest BCUT2D eigenvalue weighted by Gasteiger charge is 2.40. The van der Waals surface area contributed by atoms with Gasteiger partial charge in [-0.3, -0.25) is 4.79 Å². The van der Waals surface area contributed by atoms with E-state index < -0.39 is 0 Å². The third kappa shape index (κ3) is 3.78. The predicted octanol–water partition coefficient (Wildman–Crippen LogP) is 3.43. The van der Waals surface area contributed by atoms with Gasteiger partial charge in [0.25, 0.3) is 0 Å². The minimum Gasteiger partial charge on any atom is -0.381 e. The molecule has 1 aromatic carbocycles. The number of nitrogens with one attached hydrogen (secondary N) is 2. The fraction of sp³-hybridized carbons (Fsp3) is 0.667. The Kier molecular flexibility index (Phi) is 5.53. The molecule has 2 heterocycles. The van der Waals surface area contributed by atoms with Crippen molar-refractivity contribution in [3.63, 3.8) is 0 Å². The van der Waals surface area contributed by atoms with E-state index in [-0.39, 0.29) is 17.4 Å². The zero-order valence-corrected chi connectivity index (χ0v) is 16.1. The number of halogens is 1. The van der Waals surface area contributed by atoms with Gasteiger partial charge in [0, 0.05) is 36.2 Å². The van der Waals surface area contributed by atoms with Crippen LogP contribution in [0.1, 0.15) is 50.5 Å². The van der Waals surface area contributed by atoms with Crippen LogP contribution in [0, 0.1) is 5.92 Å². The number of carbonyl (C=O) groups is 1. The van der Waals surface area contributed by atoms with Crippen molar-refractivity contribution in [2.45, 2.75) is 62.4 Å². The van der Waals surface area contributed by atoms with E-state index >= 15 is 0 Å². The van der Waals surface area contributed by atoms with Crippen molar-refractivity contribution in [2.75, 3.05) is 19.8 Å². The second-order valence-corrected chi connectivity index (χ2v) is 8.66. The summed E-state index contributed by atoms with van der Waals surface area (Å²) in [5.74, 6) is 0.854. The van der Waals surface area contributed by atoms with Crippen molar-refractivity contribution in [1.82, 2.24) is 10.6 Å². The molecule has 1 amide bonds. The Morgan fingerprint density at radius 2 is 1.92 bits per heavy atom. The van der Waals surface area contributed by atoms with Gasteiger partial charge in [0.15, 0.2) is 0 Å². The summed E-state index contributed by atoms with van der Waals surface area (Å²) in [5.41, 5.74) is 1.20. The van der Waals surface area contributed by atoms with Crippen molar-refractivity contribution in [3.8, 4) is 0 Å². The minimum atomic E-state index is -0.0517. The van der Waals surface area contributed by atoms with Crippen LogP contribution in [0.25, 0.3) is 0 Å². The lowest BCUT2D eigenvalue weighted by atomic mass is 9.74. The fourth-order valence-electron chi connectivity index (χ4n) is 5.03. The molecule has 1 aromatic rings. The Hall–Kier alpha value is -1.10. The maximum absolute atomic E-state index is 12.8. The number of carbonyl (C=O) groups excluding carboxylic acids is 1. The largest absolute Gasteiger partial charge is 0.381 e. The molecule has 5 heteroatoms. The molecule has 0 radical (unpaired) electrons. The summed E-state index contributed by atoms with van der Waals surface area (Å²) >= 11 is 6.07. The molecule has 0 bridgehead atoms. The number of benzene rings is 1. The Labute approximate surface area is 161 Å². The van der Waals surface area contributed by atoms with Gasteiger partial charge in [-0.05, 0) is 55.7 Å². The quantitative estimate of drug-likeness (QED) is 0.846. The van der Waals surface area contributed by atoms with E-state index in [4.69, 9.17) is 16.3 Å². The van der Waals surface area contributed by atoms with E-state index in [0.29, 0.717) is 18.5 Å². The molecular formula is C21H29ClN2O2. The van der Waals surface area contributed by atoms with Crippen LogP contribution < -0.4 is 10.6 Å². The average Bonchev–Trinajstić information content (AvgIpc) is 3.12. The number of rotatable bonds is 4. The Bertz CT molecular complexity index is 613. The van der Waals surface area contributed by atoms with Crippen molar-refractivity contribution in [3.05, 3.63) is 34.9 Å². The summed E-state index contributed by atoms with van der Waals surface area (Å²) in [4.78, 5) is 12.8. The normalized spacial score (nSPS) is 30.6. The molecule has 3 fully saturated rings. The maximum Gasteiger partial charge on any atom is 0.237 e. The number of ether oxygens (including phenoxy) is 1. The zero-order valence-electron chi connectivity index (χ0n) is 15.3. The molecule has 4 nitrogen and oxygen atoms in total. The molecule has 0 spiro atoms. The lowest BCUT2D eigenvalue weighted by Crippen LogP contribution is -2.49. The van der Waals surface area contributed by atoms with Gasteiger partial charge in [0.1, 0.15) is 0 Å². The van der Waals surface area contributed by atoms with Gasteiger partial charge in [-0.2, -0.15) is 0 Å². The van der Waals surface area contributed by atoms with Crippen molar-refractivity contribution in [2.24, 2.45) is 5.92 Å². The van der Waals surface area contributed by atoms with E-state index in [0.717, 1.165) is 37.5 Å². The monoisotopic (exact) mass is 376 g/mol. The van der Waals surface area contributed by atoms with Gasteiger partial charge in [0.05, 0.1) is 6.04 Å². The second kappa shape index (κ2) is 7.87.